The van der Waals surface area contributed by atoms with Gasteiger partial charge in [-0.25, -0.2) is 0 Å². The van der Waals surface area contributed by atoms with Crippen molar-refractivity contribution in [2.45, 2.75) is 59.0 Å². The number of carbonyl (C=O) groups excluding carboxylic acids is 4. The summed E-state index contributed by atoms with van der Waals surface area (Å²) in [6, 6.07) is -0.428. The second kappa shape index (κ2) is 9.19. The maximum atomic E-state index is 12.9. The van der Waals surface area contributed by atoms with Crippen LogP contribution in [0.3, 0.4) is 0 Å². The van der Waals surface area contributed by atoms with E-state index in [1.807, 2.05) is 27.7 Å². The molecule has 0 aromatic heterocycles. The summed E-state index contributed by atoms with van der Waals surface area (Å²) < 4.78 is 0. The number of rotatable bonds is 6. The Morgan fingerprint density at radius 1 is 0.926 bits per heavy atom. The molecule has 2 rings (SSSR count). The van der Waals surface area contributed by atoms with Crippen molar-refractivity contribution >= 4 is 23.6 Å². The molecule has 1 atom stereocenters. The van der Waals surface area contributed by atoms with E-state index in [9.17, 15) is 19.2 Å². The molecule has 0 aromatic rings. The minimum absolute atomic E-state index is 0.0300. The van der Waals surface area contributed by atoms with Crippen molar-refractivity contribution in [3.05, 3.63) is 0 Å². The van der Waals surface area contributed by atoms with Gasteiger partial charge in [-0.2, -0.15) is 0 Å². The van der Waals surface area contributed by atoms with Gasteiger partial charge in [0.1, 0.15) is 6.04 Å². The van der Waals surface area contributed by atoms with E-state index in [0.29, 0.717) is 32.6 Å². The first-order chi connectivity index (χ1) is 12.7. The van der Waals surface area contributed by atoms with Crippen molar-refractivity contribution in [3.8, 4) is 0 Å². The number of hydrogen-bond acceptors (Lipinski definition) is 4. The predicted molar refractivity (Wildman–Crippen MR) is 101 cm³/mol. The normalized spacial score (nSPS) is 18.4. The molecule has 0 bridgehead atoms. The fourth-order valence-electron chi connectivity index (χ4n) is 3.06. The molecule has 0 aromatic carbocycles. The third-order valence-corrected chi connectivity index (χ3v) is 4.83. The van der Waals surface area contributed by atoms with Gasteiger partial charge < -0.3 is 20.4 Å². The van der Waals surface area contributed by atoms with Crippen LogP contribution in [0.25, 0.3) is 0 Å². The Hall–Kier alpha value is -2.12. The van der Waals surface area contributed by atoms with Crippen LogP contribution in [0.4, 0.5) is 0 Å². The van der Waals surface area contributed by atoms with Gasteiger partial charge >= 0.3 is 11.8 Å². The maximum Gasteiger partial charge on any atom is 0.312 e. The SMILES string of the molecule is CC(C)CC(=O)NC(C(=O)N1CCN(C(=O)C(=O)NC2CC2)CC1)C(C)C. The lowest BCUT2D eigenvalue weighted by molar-refractivity contribution is -0.149. The summed E-state index contributed by atoms with van der Waals surface area (Å²) >= 11 is 0. The lowest BCUT2D eigenvalue weighted by Gasteiger charge is -2.37. The first kappa shape index (κ1) is 21.2. The second-order valence-corrected chi connectivity index (χ2v) is 8.25. The summed E-state index contributed by atoms with van der Waals surface area (Å²) in [6.45, 7) is 9.11. The highest BCUT2D eigenvalue weighted by Crippen LogP contribution is 2.18. The van der Waals surface area contributed by atoms with Crippen molar-refractivity contribution in [1.82, 2.24) is 20.4 Å². The Morgan fingerprint density at radius 2 is 1.48 bits per heavy atom. The average molecular weight is 380 g/mol. The number of hydrogen-bond donors (Lipinski definition) is 2. The van der Waals surface area contributed by atoms with Crippen LogP contribution in [-0.4, -0.2) is 71.7 Å². The molecule has 2 N–H and O–H groups in total. The molecule has 1 saturated carbocycles. The molecule has 0 spiro atoms. The van der Waals surface area contributed by atoms with Crippen molar-refractivity contribution in [3.63, 3.8) is 0 Å². The summed E-state index contributed by atoms with van der Waals surface area (Å²) in [6.07, 6.45) is 2.25. The summed E-state index contributed by atoms with van der Waals surface area (Å²) in [5, 5.41) is 5.55. The van der Waals surface area contributed by atoms with Crippen LogP contribution >= 0.6 is 0 Å². The number of piperazine rings is 1. The van der Waals surface area contributed by atoms with Gasteiger partial charge in [-0.1, -0.05) is 27.7 Å². The molecular weight excluding hydrogens is 348 g/mol. The average Bonchev–Trinajstić information content (AvgIpc) is 3.41. The molecule has 8 heteroatoms. The molecule has 1 saturated heterocycles. The zero-order valence-corrected chi connectivity index (χ0v) is 16.8. The van der Waals surface area contributed by atoms with Gasteiger partial charge in [-0.05, 0) is 24.7 Å². The van der Waals surface area contributed by atoms with Gasteiger partial charge in [0.15, 0.2) is 0 Å². The highest BCUT2D eigenvalue weighted by atomic mass is 16.2. The van der Waals surface area contributed by atoms with Crippen molar-refractivity contribution in [2.75, 3.05) is 26.2 Å². The van der Waals surface area contributed by atoms with Crippen molar-refractivity contribution < 1.29 is 19.2 Å². The van der Waals surface area contributed by atoms with Gasteiger partial charge in [0.05, 0.1) is 0 Å². The fourth-order valence-corrected chi connectivity index (χ4v) is 3.06. The van der Waals surface area contributed by atoms with Gasteiger partial charge in [0.2, 0.25) is 11.8 Å². The minimum atomic E-state index is -0.573. The Morgan fingerprint density at radius 3 is 1.96 bits per heavy atom. The molecule has 2 aliphatic rings. The van der Waals surface area contributed by atoms with Gasteiger partial charge in [0, 0.05) is 38.6 Å². The lowest BCUT2D eigenvalue weighted by Crippen LogP contribution is -2.58. The third kappa shape index (κ3) is 6.22. The number of nitrogens with one attached hydrogen (secondary N) is 2. The van der Waals surface area contributed by atoms with Crippen molar-refractivity contribution in [1.29, 1.82) is 0 Å². The molecule has 2 fully saturated rings. The monoisotopic (exact) mass is 380 g/mol. The van der Waals surface area contributed by atoms with E-state index in [-0.39, 0.29) is 29.7 Å². The fraction of sp³-hybridized carbons (Fsp3) is 0.789. The van der Waals surface area contributed by atoms with E-state index in [0.717, 1.165) is 12.8 Å². The zero-order valence-electron chi connectivity index (χ0n) is 16.8. The van der Waals surface area contributed by atoms with Crippen LogP contribution in [0, 0.1) is 11.8 Å². The number of carbonyl (C=O) groups is 4. The maximum absolute atomic E-state index is 12.9. The van der Waals surface area contributed by atoms with Crippen LogP contribution in [0.1, 0.15) is 47.0 Å². The molecule has 1 heterocycles. The number of nitrogens with zero attached hydrogens (tertiary/aromatic N) is 2. The summed E-state index contributed by atoms with van der Waals surface area (Å²) in [7, 11) is 0. The first-order valence-electron chi connectivity index (χ1n) is 9.87. The Kier molecular flexibility index (Phi) is 7.21. The molecule has 0 radical (unpaired) electrons. The molecule has 1 unspecified atom stereocenters. The number of amides is 4. The minimum Gasteiger partial charge on any atom is -0.345 e. The summed E-state index contributed by atoms with van der Waals surface area (Å²) in [5.41, 5.74) is 0. The molecular formula is C19H32N4O4. The van der Waals surface area contributed by atoms with Crippen molar-refractivity contribution in [2.24, 2.45) is 11.8 Å². The summed E-state index contributed by atoms with van der Waals surface area (Å²) in [4.78, 5) is 52.2. The molecule has 1 aliphatic carbocycles. The van der Waals surface area contributed by atoms with E-state index in [2.05, 4.69) is 10.6 Å². The standard InChI is InChI=1S/C19H32N4O4/c1-12(2)11-15(24)21-16(13(3)4)18(26)22-7-9-23(10-8-22)19(27)17(25)20-14-5-6-14/h12-14,16H,5-11H2,1-4H3,(H,20,25)(H,21,24). The first-order valence-corrected chi connectivity index (χ1v) is 9.87. The summed E-state index contributed by atoms with van der Waals surface area (Å²) in [5.74, 6) is -1.14. The highest BCUT2D eigenvalue weighted by Gasteiger charge is 2.34. The highest BCUT2D eigenvalue weighted by molar-refractivity contribution is 6.35. The van der Waals surface area contributed by atoms with Gasteiger partial charge in [-0.15, -0.1) is 0 Å². The smallest absolute Gasteiger partial charge is 0.312 e. The van der Waals surface area contributed by atoms with Gasteiger partial charge in [0.25, 0.3) is 0 Å². The lowest BCUT2D eigenvalue weighted by atomic mass is 10.0. The van der Waals surface area contributed by atoms with Crippen LogP contribution in [0.5, 0.6) is 0 Å². The quantitative estimate of drug-likeness (QED) is 0.640. The topological polar surface area (TPSA) is 98.8 Å². The Labute approximate surface area is 161 Å². The molecule has 8 nitrogen and oxygen atoms in total. The predicted octanol–water partition coefficient (Wildman–Crippen LogP) is 0.123. The van der Waals surface area contributed by atoms with E-state index >= 15 is 0 Å². The van der Waals surface area contributed by atoms with E-state index in [1.165, 1.54) is 4.90 Å². The van der Waals surface area contributed by atoms with Gasteiger partial charge in [-0.3, -0.25) is 19.2 Å². The molecule has 152 valence electrons. The molecule has 27 heavy (non-hydrogen) atoms. The largest absolute Gasteiger partial charge is 0.345 e. The van der Waals surface area contributed by atoms with Crippen LogP contribution in [0.2, 0.25) is 0 Å². The third-order valence-electron chi connectivity index (χ3n) is 4.83. The van der Waals surface area contributed by atoms with E-state index in [1.54, 1.807) is 4.90 Å². The molecule has 4 amide bonds. The zero-order chi connectivity index (χ0) is 20.1. The van der Waals surface area contributed by atoms with Crippen LogP contribution in [-0.2, 0) is 19.2 Å². The Balaban J connectivity index is 1.86. The second-order valence-electron chi connectivity index (χ2n) is 8.25. The van der Waals surface area contributed by atoms with E-state index < -0.39 is 17.9 Å². The van der Waals surface area contributed by atoms with E-state index in [4.69, 9.17) is 0 Å². The molecule has 1 aliphatic heterocycles. The van der Waals surface area contributed by atoms with Crippen LogP contribution < -0.4 is 10.6 Å². The Bertz CT molecular complexity index is 578. The van der Waals surface area contributed by atoms with Crippen LogP contribution in [0.15, 0.2) is 0 Å².